The van der Waals surface area contributed by atoms with Crippen molar-refractivity contribution in [1.82, 2.24) is 0 Å². The number of hydrogen-bond donors (Lipinski definition) is 0. The Hall–Kier alpha value is -0.755. The van der Waals surface area contributed by atoms with Gasteiger partial charge in [0.2, 0.25) is 0 Å². The molecular formula is C10H6BBr. The molecule has 0 aliphatic heterocycles. The Morgan fingerprint density at radius 2 is 1.92 bits per heavy atom. The standard InChI is InChI=1S/C10H6BBr/c11-8-5-4-7-2-1-3-10(12)9(7)6-8/h1-6H. The molecule has 0 aromatic heterocycles. The summed E-state index contributed by atoms with van der Waals surface area (Å²) in [5.41, 5.74) is 0.800. The maximum atomic E-state index is 5.67. The van der Waals surface area contributed by atoms with Crippen molar-refractivity contribution in [3.8, 4) is 0 Å². The lowest BCUT2D eigenvalue weighted by Gasteiger charge is -2.00. The minimum Gasteiger partial charge on any atom is -0.0960 e. The summed E-state index contributed by atoms with van der Waals surface area (Å²) >= 11 is 3.48. The SMILES string of the molecule is [B]c1ccc2cccc(Br)c2c1. The van der Waals surface area contributed by atoms with Crippen LogP contribution in [0.4, 0.5) is 0 Å². The molecule has 0 atom stereocenters. The minimum atomic E-state index is 0.800. The number of halogens is 1. The van der Waals surface area contributed by atoms with E-state index in [-0.39, 0.29) is 0 Å². The molecule has 2 radical (unpaired) electrons. The summed E-state index contributed by atoms with van der Waals surface area (Å²) < 4.78 is 1.09. The third-order valence-electron chi connectivity index (χ3n) is 1.85. The van der Waals surface area contributed by atoms with E-state index in [1.165, 1.54) is 5.39 Å². The average Bonchev–Trinajstić information content (AvgIpc) is 2.07. The first-order valence-electron chi connectivity index (χ1n) is 3.71. The Morgan fingerprint density at radius 3 is 2.75 bits per heavy atom. The van der Waals surface area contributed by atoms with Gasteiger partial charge < -0.3 is 0 Å². The quantitative estimate of drug-likeness (QED) is 0.594. The van der Waals surface area contributed by atoms with Crippen LogP contribution in [0.5, 0.6) is 0 Å². The van der Waals surface area contributed by atoms with Crippen LogP contribution in [0.15, 0.2) is 40.9 Å². The fraction of sp³-hybridized carbons (Fsp3) is 0. The zero-order valence-electron chi connectivity index (χ0n) is 6.42. The third-order valence-corrected chi connectivity index (χ3v) is 2.54. The molecular weight excluding hydrogens is 211 g/mol. The van der Waals surface area contributed by atoms with Gasteiger partial charge in [-0.05, 0) is 16.8 Å². The van der Waals surface area contributed by atoms with Crippen molar-refractivity contribution < 1.29 is 0 Å². The van der Waals surface area contributed by atoms with E-state index in [9.17, 15) is 0 Å². The van der Waals surface area contributed by atoms with E-state index in [1.807, 2.05) is 30.3 Å². The van der Waals surface area contributed by atoms with Crippen LogP contribution in [-0.2, 0) is 0 Å². The van der Waals surface area contributed by atoms with E-state index in [2.05, 4.69) is 22.0 Å². The summed E-state index contributed by atoms with van der Waals surface area (Å²) in [5.74, 6) is 0. The zero-order chi connectivity index (χ0) is 8.55. The van der Waals surface area contributed by atoms with Gasteiger partial charge in [0.15, 0.2) is 0 Å². The van der Waals surface area contributed by atoms with Crippen LogP contribution in [0.25, 0.3) is 10.8 Å². The molecule has 2 rings (SSSR count). The summed E-state index contributed by atoms with van der Waals surface area (Å²) in [6.45, 7) is 0. The Labute approximate surface area is 81.1 Å². The van der Waals surface area contributed by atoms with Crippen LogP contribution in [-0.4, -0.2) is 7.85 Å². The average molecular weight is 217 g/mol. The fourth-order valence-electron chi connectivity index (χ4n) is 1.25. The molecule has 0 aliphatic rings. The predicted octanol–water partition coefficient (Wildman–Crippen LogP) is 2.40. The monoisotopic (exact) mass is 216 g/mol. The Bertz CT molecular complexity index is 423. The van der Waals surface area contributed by atoms with E-state index < -0.39 is 0 Å². The largest absolute Gasteiger partial charge is 0.113 e. The highest BCUT2D eigenvalue weighted by molar-refractivity contribution is 9.10. The molecule has 0 saturated carbocycles. The van der Waals surface area contributed by atoms with Gasteiger partial charge in [-0.2, -0.15) is 0 Å². The van der Waals surface area contributed by atoms with Crippen LogP contribution in [0.3, 0.4) is 0 Å². The maximum absolute atomic E-state index is 5.67. The zero-order valence-corrected chi connectivity index (χ0v) is 8.01. The smallest absolute Gasteiger partial charge is 0.0960 e. The van der Waals surface area contributed by atoms with Crippen LogP contribution < -0.4 is 5.46 Å². The Balaban J connectivity index is 2.88. The Morgan fingerprint density at radius 1 is 1.08 bits per heavy atom. The molecule has 2 aromatic carbocycles. The molecule has 2 heteroatoms. The van der Waals surface area contributed by atoms with Gasteiger partial charge in [0.25, 0.3) is 0 Å². The number of benzene rings is 2. The first kappa shape index (κ1) is 7.87. The lowest BCUT2D eigenvalue weighted by molar-refractivity contribution is 1.73. The molecule has 0 saturated heterocycles. The van der Waals surface area contributed by atoms with E-state index in [1.54, 1.807) is 0 Å². The second-order valence-corrected chi connectivity index (χ2v) is 3.57. The highest BCUT2D eigenvalue weighted by atomic mass is 79.9. The lowest BCUT2D eigenvalue weighted by Crippen LogP contribution is -1.99. The molecule has 0 aliphatic carbocycles. The van der Waals surface area contributed by atoms with Crippen LogP contribution in [0.2, 0.25) is 0 Å². The van der Waals surface area contributed by atoms with Crippen molar-refractivity contribution in [2.45, 2.75) is 0 Å². The van der Waals surface area contributed by atoms with Crippen molar-refractivity contribution in [3.63, 3.8) is 0 Å². The van der Waals surface area contributed by atoms with Crippen LogP contribution in [0, 0.1) is 0 Å². The van der Waals surface area contributed by atoms with Crippen molar-refractivity contribution in [2.75, 3.05) is 0 Å². The van der Waals surface area contributed by atoms with Crippen molar-refractivity contribution in [3.05, 3.63) is 40.9 Å². The third kappa shape index (κ3) is 1.27. The molecule has 0 unspecified atom stereocenters. The maximum Gasteiger partial charge on any atom is 0.113 e. The van der Waals surface area contributed by atoms with Crippen LogP contribution in [0.1, 0.15) is 0 Å². The van der Waals surface area contributed by atoms with Crippen LogP contribution >= 0.6 is 15.9 Å². The second-order valence-electron chi connectivity index (χ2n) is 2.72. The first-order chi connectivity index (χ1) is 5.77. The molecule has 0 N–H and O–H groups in total. The van der Waals surface area contributed by atoms with Gasteiger partial charge >= 0.3 is 0 Å². The summed E-state index contributed by atoms with van der Waals surface area (Å²) in [5, 5.41) is 2.37. The van der Waals surface area contributed by atoms with E-state index in [0.29, 0.717) is 0 Å². The highest BCUT2D eigenvalue weighted by Crippen LogP contribution is 2.21. The van der Waals surface area contributed by atoms with Crippen molar-refractivity contribution >= 4 is 40.0 Å². The van der Waals surface area contributed by atoms with Gasteiger partial charge in [0, 0.05) is 4.47 Å². The summed E-state index contributed by atoms with van der Waals surface area (Å²) in [6, 6.07) is 12.0. The lowest BCUT2D eigenvalue weighted by atomic mass is 9.94. The predicted molar refractivity (Wildman–Crippen MR) is 57.0 cm³/mol. The topological polar surface area (TPSA) is 0 Å². The van der Waals surface area contributed by atoms with Gasteiger partial charge in [0.1, 0.15) is 7.85 Å². The molecule has 0 fully saturated rings. The van der Waals surface area contributed by atoms with E-state index in [4.69, 9.17) is 7.85 Å². The molecule has 56 valence electrons. The van der Waals surface area contributed by atoms with Gasteiger partial charge in [-0.15, -0.1) is 0 Å². The molecule has 0 amide bonds. The van der Waals surface area contributed by atoms with E-state index >= 15 is 0 Å². The number of rotatable bonds is 0. The Kier molecular flexibility index (Phi) is 1.93. The molecule has 0 nitrogen and oxygen atoms in total. The second kappa shape index (κ2) is 2.94. The summed E-state index contributed by atoms with van der Waals surface area (Å²) in [4.78, 5) is 0. The molecule has 12 heavy (non-hydrogen) atoms. The summed E-state index contributed by atoms with van der Waals surface area (Å²) in [7, 11) is 5.67. The van der Waals surface area contributed by atoms with Gasteiger partial charge in [-0.3, -0.25) is 0 Å². The highest BCUT2D eigenvalue weighted by Gasteiger charge is 1.96. The fourth-order valence-corrected chi connectivity index (χ4v) is 1.75. The minimum absolute atomic E-state index is 0.800. The summed E-state index contributed by atoms with van der Waals surface area (Å²) in [6.07, 6.45) is 0. The number of hydrogen-bond acceptors (Lipinski definition) is 0. The first-order valence-corrected chi connectivity index (χ1v) is 4.50. The van der Waals surface area contributed by atoms with E-state index in [0.717, 1.165) is 15.3 Å². The molecule has 0 bridgehead atoms. The normalized spacial score (nSPS) is 10.4. The van der Waals surface area contributed by atoms with Crippen molar-refractivity contribution in [2.24, 2.45) is 0 Å². The number of fused-ring (bicyclic) bond motifs is 1. The molecule has 0 heterocycles. The van der Waals surface area contributed by atoms with Gasteiger partial charge in [-0.1, -0.05) is 51.7 Å². The van der Waals surface area contributed by atoms with Gasteiger partial charge in [0.05, 0.1) is 0 Å². The van der Waals surface area contributed by atoms with Crippen molar-refractivity contribution in [1.29, 1.82) is 0 Å². The molecule has 2 aromatic rings. The molecule has 0 spiro atoms. The van der Waals surface area contributed by atoms with Gasteiger partial charge in [-0.25, -0.2) is 0 Å².